The van der Waals surface area contributed by atoms with Crippen molar-refractivity contribution in [3.05, 3.63) is 48.7 Å². The number of thioether (sulfide) groups is 1. The Morgan fingerprint density at radius 3 is 2.31 bits per heavy atom. The molecule has 0 saturated heterocycles. The van der Waals surface area contributed by atoms with Gasteiger partial charge in [-0.2, -0.15) is 0 Å². The maximum absolute atomic E-state index is 14.1. The molecular formula is C30H41NO6S2. The van der Waals surface area contributed by atoms with Gasteiger partial charge >= 0.3 is 5.97 Å². The molecule has 9 heteroatoms. The Labute approximate surface area is 237 Å². The minimum Gasteiger partial charge on any atom is -0.497 e. The van der Waals surface area contributed by atoms with E-state index in [1.54, 1.807) is 20.1 Å². The summed E-state index contributed by atoms with van der Waals surface area (Å²) < 4.78 is 44.4. The molecule has 0 aromatic heterocycles. The lowest BCUT2D eigenvalue weighted by Gasteiger charge is -2.37. The molecule has 0 aliphatic carbocycles. The van der Waals surface area contributed by atoms with Crippen molar-refractivity contribution in [3.8, 4) is 11.5 Å². The molecule has 1 aliphatic rings. The Bertz CT molecular complexity index is 1230. The van der Waals surface area contributed by atoms with Crippen LogP contribution in [0.15, 0.2) is 58.5 Å². The van der Waals surface area contributed by atoms with Gasteiger partial charge in [-0.1, -0.05) is 39.5 Å². The monoisotopic (exact) mass is 575 g/mol. The van der Waals surface area contributed by atoms with Crippen molar-refractivity contribution in [2.45, 2.75) is 69.1 Å². The average Bonchev–Trinajstić information content (AvgIpc) is 3.02. The van der Waals surface area contributed by atoms with Crippen LogP contribution >= 0.6 is 11.8 Å². The first-order chi connectivity index (χ1) is 18.7. The van der Waals surface area contributed by atoms with E-state index in [0.29, 0.717) is 18.0 Å². The predicted octanol–water partition coefficient (Wildman–Crippen LogP) is 7.16. The second-order valence-electron chi connectivity index (χ2n) is 9.89. The number of hydrogen-bond donors (Lipinski definition) is 0. The first-order valence-corrected chi connectivity index (χ1v) is 16.5. The summed E-state index contributed by atoms with van der Waals surface area (Å²) in [4.78, 5) is 14.9. The van der Waals surface area contributed by atoms with Gasteiger partial charge < -0.3 is 19.1 Å². The second kappa shape index (κ2) is 14.1. The molecule has 214 valence electrons. The molecule has 0 amide bonds. The zero-order valence-corrected chi connectivity index (χ0v) is 25.3. The molecule has 0 fully saturated rings. The van der Waals surface area contributed by atoms with Crippen molar-refractivity contribution < 1.29 is 27.4 Å². The van der Waals surface area contributed by atoms with Crippen molar-refractivity contribution in [2.75, 3.05) is 37.2 Å². The first-order valence-electron chi connectivity index (χ1n) is 13.6. The van der Waals surface area contributed by atoms with Crippen LogP contribution < -0.4 is 14.4 Å². The van der Waals surface area contributed by atoms with Crippen LogP contribution in [0.25, 0.3) is 0 Å². The SMILES string of the molecule is CCCCC1(CCCC)CN(c2ccc(OC)cc2)c2cc(SC)c(O/C=C\C(=O)OCC)cc2S(=O)(=O)C1. The lowest BCUT2D eigenvalue weighted by molar-refractivity contribution is -0.137. The first kappa shape index (κ1) is 30.9. The Morgan fingerprint density at radius 2 is 1.74 bits per heavy atom. The molecule has 0 unspecified atom stereocenters. The molecule has 1 heterocycles. The van der Waals surface area contributed by atoms with Crippen LogP contribution in [-0.4, -0.2) is 46.7 Å². The third-order valence-corrected chi connectivity index (χ3v) is 9.80. The van der Waals surface area contributed by atoms with E-state index in [-0.39, 0.29) is 17.3 Å². The molecule has 3 rings (SSSR count). The number of carbonyl (C=O) groups excluding carboxylic acids is 1. The summed E-state index contributed by atoms with van der Waals surface area (Å²) >= 11 is 1.46. The normalized spacial score (nSPS) is 16.0. The van der Waals surface area contributed by atoms with Crippen LogP contribution in [0.2, 0.25) is 0 Å². The lowest BCUT2D eigenvalue weighted by Crippen LogP contribution is -2.38. The molecule has 0 saturated carbocycles. The third-order valence-electron chi connectivity index (χ3n) is 7.05. The smallest absolute Gasteiger partial charge is 0.333 e. The number of fused-ring (bicyclic) bond motifs is 1. The topological polar surface area (TPSA) is 82.1 Å². The fourth-order valence-electron chi connectivity index (χ4n) is 5.07. The molecule has 0 N–H and O–H groups in total. The number of esters is 1. The van der Waals surface area contributed by atoms with Crippen molar-refractivity contribution in [2.24, 2.45) is 5.41 Å². The maximum Gasteiger partial charge on any atom is 0.333 e. The molecule has 0 bridgehead atoms. The van der Waals surface area contributed by atoms with Crippen LogP contribution in [0.5, 0.6) is 11.5 Å². The second-order valence-corrected chi connectivity index (χ2v) is 12.7. The van der Waals surface area contributed by atoms with Crippen LogP contribution in [0.4, 0.5) is 11.4 Å². The molecule has 1 aliphatic heterocycles. The minimum absolute atomic E-state index is 0.0797. The molecule has 39 heavy (non-hydrogen) atoms. The van der Waals surface area contributed by atoms with Crippen molar-refractivity contribution >= 4 is 38.9 Å². The van der Waals surface area contributed by atoms with Crippen LogP contribution in [0.1, 0.15) is 59.3 Å². The molecular weight excluding hydrogens is 534 g/mol. The van der Waals surface area contributed by atoms with Gasteiger partial charge in [0.2, 0.25) is 0 Å². The highest BCUT2D eigenvalue weighted by atomic mass is 32.2. The van der Waals surface area contributed by atoms with Gasteiger partial charge in [-0.05, 0) is 56.4 Å². The lowest BCUT2D eigenvalue weighted by atomic mass is 9.79. The zero-order chi connectivity index (χ0) is 28.5. The summed E-state index contributed by atoms with van der Waals surface area (Å²) in [6.07, 6.45) is 9.97. The number of nitrogens with zero attached hydrogens (tertiary/aromatic N) is 1. The summed E-state index contributed by atoms with van der Waals surface area (Å²) in [6, 6.07) is 11.3. The number of rotatable bonds is 13. The van der Waals surface area contributed by atoms with E-state index in [9.17, 15) is 13.2 Å². The fourth-order valence-corrected chi connectivity index (χ4v) is 7.72. The Balaban J connectivity index is 2.19. The Morgan fingerprint density at radius 1 is 1.08 bits per heavy atom. The van der Waals surface area contributed by atoms with Crippen LogP contribution in [0.3, 0.4) is 0 Å². The summed E-state index contributed by atoms with van der Waals surface area (Å²) in [5.41, 5.74) is 1.16. The van der Waals surface area contributed by atoms with E-state index in [1.165, 1.54) is 24.1 Å². The van der Waals surface area contributed by atoms with E-state index in [0.717, 1.165) is 54.9 Å². The summed E-state index contributed by atoms with van der Waals surface area (Å²) in [6.45, 7) is 6.88. The number of benzene rings is 2. The van der Waals surface area contributed by atoms with Gasteiger partial charge in [-0.25, -0.2) is 13.2 Å². The maximum atomic E-state index is 14.1. The van der Waals surface area contributed by atoms with Crippen LogP contribution in [0, 0.1) is 5.41 Å². The molecule has 2 aromatic carbocycles. The highest BCUT2D eigenvalue weighted by Crippen LogP contribution is 2.48. The fraction of sp³-hybridized carbons (Fsp3) is 0.500. The summed E-state index contributed by atoms with van der Waals surface area (Å²) in [7, 11) is -2.04. The van der Waals surface area contributed by atoms with Crippen molar-refractivity contribution in [3.63, 3.8) is 0 Å². The molecule has 0 radical (unpaired) electrons. The van der Waals surface area contributed by atoms with Gasteiger partial charge in [0.15, 0.2) is 9.84 Å². The molecule has 7 nitrogen and oxygen atoms in total. The van der Waals surface area contributed by atoms with Gasteiger partial charge in [-0.15, -0.1) is 11.8 Å². The van der Waals surface area contributed by atoms with E-state index >= 15 is 0 Å². The number of ether oxygens (including phenoxy) is 3. The van der Waals surface area contributed by atoms with Gasteiger partial charge in [0.25, 0.3) is 0 Å². The number of anilines is 2. The molecule has 0 spiro atoms. The highest BCUT2D eigenvalue weighted by molar-refractivity contribution is 7.98. The summed E-state index contributed by atoms with van der Waals surface area (Å²) in [5.74, 6) is 0.685. The van der Waals surface area contributed by atoms with E-state index in [4.69, 9.17) is 14.2 Å². The van der Waals surface area contributed by atoms with Gasteiger partial charge in [0.1, 0.15) is 11.5 Å². The minimum atomic E-state index is -3.67. The van der Waals surface area contributed by atoms with Crippen LogP contribution in [-0.2, 0) is 19.4 Å². The third kappa shape index (κ3) is 7.72. The Kier molecular flexibility index (Phi) is 11.2. The number of hydrogen-bond acceptors (Lipinski definition) is 8. The number of sulfone groups is 1. The van der Waals surface area contributed by atoms with Crippen molar-refractivity contribution in [1.82, 2.24) is 0 Å². The van der Waals surface area contributed by atoms with E-state index < -0.39 is 21.2 Å². The van der Waals surface area contributed by atoms with E-state index in [2.05, 4.69) is 18.7 Å². The molecule has 2 aromatic rings. The van der Waals surface area contributed by atoms with Crippen molar-refractivity contribution in [1.29, 1.82) is 0 Å². The number of unbranched alkanes of at least 4 members (excludes halogenated alkanes) is 2. The molecule has 0 atom stereocenters. The largest absolute Gasteiger partial charge is 0.497 e. The highest BCUT2D eigenvalue weighted by Gasteiger charge is 2.42. The summed E-state index contributed by atoms with van der Waals surface area (Å²) in [5, 5.41) is 0. The standard InChI is InChI=1S/C30H41NO6S2/c1-6-9-16-30(17-10-7-2)21-31(23-11-13-24(35-4)14-12-23)25-19-27(38-5)26(20-28(25)39(33,34)22-30)37-18-15-29(32)36-8-3/h11-15,18-20H,6-10,16-17,21-22H2,1-5H3/b18-15-. The zero-order valence-electron chi connectivity index (χ0n) is 23.7. The average molecular weight is 576 g/mol. The number of carbonyl (C=O) groups is 1. The Hall–Kier alpha value is -2.65. The van der Waals surface area contributed by atoms with E-state index in [1.807, 2.05) is 36.6 Å². The number of methoxy groups -OCH3 is 1. The predicted molar refractivity (Wildman–Crippen MR) is 158 cm³/mol. The van der Waals surface area contributed by atoms with Gasteiger partial charge in [0, 0.05) is 23.7 Å². The van der Waals surface area contributed by atoms with Gasteiger partial charge in [0.05, 0.1) is 47.3 Å². The quantitative estimate of drug-likeness (QED) is 0.108. The van der Waals surface area contributed by atoms with Gasteiger partial charge in [-0.3, -0.25) is 0 Å².